The van der Waals surface area contributed by atoms with E-state index in [4.69, 9.17) is 4.74 Å². The van der Waals surface area contributed by atoms with Gasteiger partial charge in [-0.2, -0.15) is 0 Å². The van der Waals surface area contributed by atoms with Crippen LogP contribution in [0, 0.1) is 5.92 Å². The van der Waals surface area contributed by atoms with E-state index in [9.17, 15) is 9.59 Å². The minimum atomic E-state index is -0.0629. The van der Waals surface area contributed by atoms with Crippen molar-refractivity contribution in [2.75, 3.05) is 6.61 Å². The number of nitrogens with one attached hydrogen (secondary N) is 1. The molecule has 0 bridgehead atoms. The van der Waals surface area contributed by atoms with Crippen LogP contribution in [0.15, 0.2) is 24.3 Å². The van der Waals surface area contributed by atoms with Gasteiger partial charge < -0.3 is 10.1 Å². The van der Waals surface area contributed by atoms with E-state index >= 15 is 0 Å². The molecule has 1 amide bonds. The number of Topliss-reactive ketones (excluding diaryl/α,β-unsaturated/α-hetero) is 1. The summed E-state index contributed by atoms with van der Waals surface area (Å²) in [6, 6.07) is 7.18. The van der Waals surface area contributed by atoms with Crippen LogP contribution in [-0.2, 0) is 4.79 Å². The minimum Gasteiger partial charge on any atom is -0.494 e. The van der Waals surface area contributed by atoms with E-state index < -0.39 is 0 Å². The summed E-state index contributed by atoms with van der Waals surface area (Å²) in [5.74, 6) is 1.10. The highest BCUT2D eigenvalue weighted by Gasteiger charge is 2.14. The van der Waals surface area contributed by atoms with Gasteiger partial charge in [-0.25, -0.2) is 0 Å². The van der Waals surface area contributed by atoms with E-state index in [2.05, 4.69) is 19.2 Å². The molecule has 1 N–H and O–H groups in total. The highest BCUT2D eigenvalue weighted by atomic mass is 16.5. The normalized spacial score (nSPS) is 13.3. The van der Waals surface area contributed by atoms with Crippen molar-refractivity contribution >= 4 is 11.7 Å². The first-order valence-electron chi connectivity index (χ1n) is 8.03. The SMILES string of the molecule is CCOc1ccc(C(=O)CCC(=O)N[C@H](C)[C@H](C)CC)cc1. The van der Waals surface area contributed by atoms with E-state index in [-0.39, 0.29) is 30.6 Å². The van der Waals surface area contributed by atoms with Crippen LogP contribution >= 0.6 is 0 Å². The third-order valence-corrected chi connectivity index (χ3v) is 3.95. The van der Waals surface area contributed by atoms with Gasteiger partial charge >= 0.3 is 0 Å². The second kappa shape index (κ2) is 9.23. The van der Waals surface area contributed by atoms with E-state index in [1.807, 2.05) is 13.8 Å². The Morgan fingerprint density at radius 1 is 1.09 bits per heavy atom. The number of benzene rings is 1. The average Bonchev–Trinajstić information content (AvgIpc) is 2.52. The third kappa shape index (κ3) is 5.88. The smallest absolute Gasteiger partial charge is 0.220 e. The summed E-state index contributed by atoms with van der Waals surface area (Å²) in [4.78, 5) is 23.9. The second-order valence-electron chi connectivity index (χ2n) is 5.62. The van der Waals surface area contributed by atoms with Crippen LogP contribution in [0.25, 0.3) is 0 Å². The summed E-state index contributed by atoms with van der Waals surface area (Å²) in [6.45, 7) is 8.72. The van der Waals surface area contributed by atoms with E-state index in [1.165, 1.54) is 0 Å². The molecule has 4 nitrogen and oxygen atoms in total. The molecular formula is C18H27NO3. The fourth-order valence-electron chi connectivity index (χ4n) is 2.10. The molecule has 0 saturated heterocycles. The summed E-state index contributed by atoms with van der Waals surface area (Å²) in [6.07, 6.45) is 1.48. The molecule has 0 aliphatic rings. The molecule has 0 aliphatic carbocycles. The largest absolute Gasteiger partial charge is 0.494 e. The lowest BCUT2D eigenvalue weighted by molar-refractivity contribution is -0.122. The van der Waals surface area contributed by atoms with Gasteiger partial charge in [-0.1, -0.05) is 20.3 Å². The van der Waals surface area contributed by atoms with Gasteiger partial charge in [0.15, 0.2) is 5.78 Å². The fourth-order valence-corrected chi connectivity index (χ4v) is 2.10. The van der Waals surface area contributed by atoms with Gasteiger partial charge in [0.25, 0.3) is 0 Å². The lowest BCUT2D eigenvalue weighted by Crippen LogP contribution is -2.36. The number of amides is 1. The maximum atomic E-state index is 12.1. The Hall–Kier alpha value is -1.84. The van der Waals surface area contributed by atoms with Gasteiger partial charge in [-0.05, 0) is 44.0 Å². The van der Waals surface area contributed by atoms with Crippen LogP contribution in [-0.4, -0.2) is 24.3 Å². The van der Waals surface area contributed by atoms with Crippen LogP contribution in [0.5, 0.6) is 5.75 Å². The van der Waals surface area contributed by atoms with Crippen molar-refractivity contribution in [3.05, 3.63) is 29.8 Å². The Kier molecular flexibility index (Phi) is 7.64. The Bertz CT molecular complexity index is 482. The number of rotatable bonds is 9. The number of carbonyl (C=O) groups is 2. The van der Waals surface area contributed by atoms with Crippen molar-refractivity contribution in [2.24, 2.45) is 5.92 Å². The van der Waals surface area contributed by atoms with Gasteiger partial charge in [0.05, 0.1) is 6.61 Å². The Balaban J connectivity index is 2.43. The molecule has 2 atom stereocenters. The number of ketones is 1. The van der Waals surface area contributed by atoms with E-state index in [0.717, 1.165) is 12.2 Å². The predicted octanol–water partition coefficient (Wildman–Crippen LogP) is 3.60. The highest BCUT2D eigenvalue weighted by molar-refractivity contribution is 5.98. The molecule has 0 aliphatic heterocycles. The zero-order valence-corrected chi connectivity index (χ0v) is 14.0. The molecule has 0 radical (unpaired) electrons. The molecule has 0 aromatic heterocycles. The van der Waals surface area contributed by atoms with Crippen LogP contribution in [0.1, 0.15) is 57.3 Å². The first-order valence-corrected chi connectivity index (χ1v) is 8.03. The number of hydrogen-bond donors (Lipinski definition) is 1. The molecule has 4 heteroatoms. The molecule has 22 heavy (non-hydrogen) atoms. The molecular weight excluding hydrogens is 278 g/mol. The standard InChI is InChI=1S/C18H27NO3/c1-5-13(3)14(4)19-18(21)12-11-17(20)15-7-9-16(10-8-15)22-6-2/h7-10,13-14H,5-6,11-12H2,1-4H3,(H,19,21)/t13-,14-/m1/s1. The Morgan fingerprint density at radius 3 is 2.27 bits per heavy atom. The molecule has 122 valence electrons. The van der Waals surface area contributed by atoms with Crippen LogP contribution in [0.2, 0.25) is 0 Å². The third-order valence-electron chi connectivity index (χ3n) is 3.95. The zero-order valence-electron chi connectivity index (χ0n) is 14.0. The van der Waals surface area contributed by atoms with Crippen LogP contribution in [0.4, 0.5) is 0 Å². The van der Waals surface area contributed by atoms with Crippen LogP contribution in [0.3, 0.4) is 0 Å². The number of hydrogen-bond acceptors (Lipinski definition) is 3. The highest BCUT2D eigenvalue weighted by Crippen LogP contribution is 2.14. The first kappa shape index (κ1) is 18.2. The van der Waals surface area contributed by atoms with Gasteiger partial charge in [-0.15, -0.1) is 0 Å². The molecule has 1 aromatic carbocycles. The molecule has 0 unspecified atom stereocenters. The van der Waals surface area contributed by atoms with Crippen molar-refractivity contribution in [1.29, 1.82) is 0 Å². The monoisotopic (exact) mass is 305 g/mol. The summed E-state index contributed by atoms with van der Waals surface area (Å²) in [5.41, 5.74) is 0.617. The van der Waals surface area contributed by atoms with E-state index in [1.54, 1.807) is 24.3 Å². The molecule has 0 saturated carbocycles. The Morgan fingerprint density at radius 2 is 1.73 bits per heavy atom. The van der Waals surface area contributed by atoms with Gasteiger partial charge in [0, 0.05) is 24.4 Å². The van der Waals surface area contributed by atoms with Crippen LogP contribution < -0.4 is 10.1 Å². The summed E-state index contributed by atoms with van der Waals surface area (Å²) in [7, 11) is 0. The van der Waals surface area contributed by atoms with Gasteiger partial charge in [0.2, 0.25) is 5.91 Å². The molecule has 0 heterocycles. The fraction of sp³-hybridized carbons (Fsp3) is 0.556. The summed E-state index contributed by atoms with van der Waals surface area (Å²) >= 11 is 0. The average molecular weight is 305 g/mol. The zero-order chi connectivity index (χ0) is 16.5. The second-order valence-corrected chi connectivity index (χ2v) is 5.62. The van der Waals surface area contributed by atoms with Gasteiger partial charge in [0.1, 0.15) is 5.75 Å². The number of carbonyl (C=O) groups excluding carboxylic acids is 2. The summed E-state index contributed by atoms with van der Waals surface area (Å²) in [5, 5.41) is 2.95. The maximum absolute atomic E-state index is 12.1. The van der Waals surface area contributed by atoms with Crippen molar-refractivity contribution in [1.82, 2.24) is 5.32 Å². The van der Waals surface area contributed by atoms with Gasteiger partial charge in [-0.3, -0.25) is 9.59 Å². The number of ether oxygens (including phenoxy) is 1. The van der Waals surface area contributed by atoms with Crippen molar-refractivity contribution < 1.29 is 14.3 Å². The molecule has 0 fully saturated rings. The van der Waals surface area contributed by atoms with E-state index in [0.29, 0.717) is 18.1 Å². The predicted molar refractivity (Wildman–Crippen MR) is 88.2 cm³/mol. The topological polar surface area (TPSA) is 55.4 Å². The quantitative estimate of drug-likeness (QED) is 0.709. The maximum Gasteiger partial charge on any atom is 0.220 e. The minimum absolute atomic E-state index is 0.0191. The molecule has 0 spiro atoms. The lowest BCUT2D eigenvalue weighted by Gasteiger charge is -2.19. The van der Waals surface area contributed by atoms with Crippen molar-refractivity contribution in [3.63, 3.8) is 0 Å². The molecule has 1 aromatic rings. The van der Waals surface area contributed by atoms with Crippen molar-refractivity contribution in [2.45, 2.75) is 53.0 Å². The molecule has 1 rings (SSSR count). The van der Waals surface area contributed by atoms with Crippen molar-refractivity contribution in [3.8, 4) is 5.75 Å². The summed E-state index contributed by atoms with van der Waals surface area (Å²) < 4.78 is 5.34. The first-order chi connectivity index (χ1) is 10.5. The Labute approximate surface area is 133 Å². The lowest BCUT2D eigenvalue weighted by atomic mass is 10.0.